The number of hydrogen-bond donors (Lipinski definition) is 1. The van der Waals surface area contributed by atoms with Crippen LogP contribution in [0, 0.1) is 6.92 Å². The van der Waals surface area contributed by atoms with Gasteiger partial charge in [-0.3, -0.25) is 0 Å². The Bertz CT molecular complexity index is 334. The summed E-state index contributed by atoms with van der Waals surface area (Å²) >= 11 is 3.59. The van der Waals surface area contributed by atoms with Crippen LogP contribution in [0.5, 0.6) is 0 Å². The van der Waals surface area contributed by atoms with Gasteiger partial charge >= 0.3 is 0 Å². The molecule has 1 N–H and O–H groups in total. The lowest BCUT2D eigenvalue weighted by atomic mass is 10.2. The molecule has 0 radical (unpaired) electrons. The van der Waals surface area contributed by atoms with Gasteiger partial charge in [0.05, 0.1) is 6.10 Å². The third kappa shape index (κ3) is 2.73. The zero-order valence-electron chi connectivity index (χ0n) is 8.92. The van der Waals surface area contributed by atoms with Crippen molar-refractivity contribution in [3.63, 3.8) is 0 Å². The molecule has 0 aromatic heterocycles. The molecule has 1 unspecified atom stereocenters. The average Bonchev–Trinajstić information content (AvgIpc) is 2.73. The minimum absolute atomic E-state index is 0.386. The van der Waals surface area contributed by atoms with Crippen molar-refractivity contribution < 1.29 is 4.74 Å². The summed E-state index contributed by atoms with van der Waals surface area (Å²) in [5, 5.41) is 3.42. The highest BCUT2D eigenvalue weighted by atomic mass is 79.9. The van der Waals surface area contributed by atoms with Crippen molar-refractivity contribution >= 4 is 21.6 Å². The quantitative estimate of drug-likeness (QED) is 0.909. The van der Waals surface area contributed by atoms with Crippen molar-refractivity contribution in [1.82, 2.24) is 0 Å². The van der Waals surface area contributed by atoms with E-state index in [2.05, 4.69) is 46.4 Å². The lowest BCUT2D eigenvalue weighted by molar-refractivity contribution is 0.120. The minimum Gasteiger partial charge on any atom is -0.382 e. The number of hydrogen-bond acceptors (Lipinski definition) is 2. The first-order valence-corrected chi connectivity index (χ1v) is 6.17. The van der Waals surface area contributed by atoms with Gasteiger partial charge in [-0.1, -0.05) is 12.1 Å². The molecular weight excluding hydrogens is 254 g/mol. The van der Waals surface area contributed by atoms with Gasteiger partial charge < -0.3 is 10.1 Å². The van der Waals surface area contributed by atoms with Crippen molar-refractivity contribution in [3.05, 3.63) is 28.2 Å². The van der Waals surface area contributed by atoms with Crippen molar-refractivity contribution in [2.45, 2.75) is 25.9 Å². The normalized spacial score (nSPS) is 20.5. The maximum absolute atomic E-state index is 5.57. The van der Waals surface area contributed by atoms with Crippen LogP contribution in [0.4, 0.5) is 5.69 Å². The first-order chi connectivity index (χ1) is 7.27. The third-order valence-corrected chi connectivity index (χ3v) is 3.79. The maximum atomic E-state index is 5.57. The monoisotopic (exact) mass is 269 g/mol. The van der Waals surface area contributed by atoms with Gasteiger partial charge in [-0.25, -0.2) is 0 Å². The van der Waals surface area contributed by atoms with Crippen LogP contribution in [0.25, 0.3) is 0 Å². The van der Waals surface area contributed by atoms with Gasteiger partial charge in [0, 0.05) is 23.3 Å². The molecular formula is C12H16BrNO. The van der Waals surface area contributed by atoms with E-state index >= 15 is 0 Å². The highest BCUT2D eigenvalue weighted by Gasteiger charge is 2.15. The topological polar surface area (TPSA) is 21.3 Å². The van der Waals surface area contributed by atoms with Crippen LogP contribution in [0.2, 0.25) is 0 Å². The molecule has 1 aromatic carbocycles. The fourth-order valence-corrected chi connectivity index (χ4v) is 2.22. The van der Waals surface area contributed by atoms with E-state index in [1.807, 2.05) is 0 Å². The second-order valence-corrected chi connectivity index (χ2v) is 4.75. The van der Waals surface area contributed by atoms with Gasteiger partial charge in [-0.2, -0.15) is 0 Å². The van der Waals surface area contributed by atoms with E-state index in [9.17, 15) is 0 Å². The minimum atomic E-state index is 0.386. The van der Waals surface area contributed by atoms with E-state index in [0.29, 0.717) is 6.10 Å². The SMILES string of the molecule is Cc1cccc(NCC2CCCO2)c1Br. The summed E-state index contributed by atoms with van der Waals surface area (Å²) in [6.45, 7) is 3.92. The Morgan fingerprint density at radius 2 is 2.40 bits per heavy atom. The second kappa shape index (κ2) is 4.99. The molecule has 1 fully saturated rings. The number of anilines is 1. The van der Waals surface area contributed by atoms with Crippen LogP contribution < -0.4 is 5.32 Å². The average molecular weight is 270 g/mol. The zero-order valence-corrected chi connectivity index (χ0v) is 10.5. The molecule has 1 atom stereocenters. The smallest absolute Gasteiger partial charge is 0.0748 e. The number of halogens is 1. The van der Waals surface area contributed by atoms with Crippen LogP contribution >= 0.6 is 15.9 Å². The van der Waals surface area contributed by atoms with Gasteiger partial charge in [0.1, 0.15) is 0 Å². The van der Waals surface area contributed by atoms with Crippen LogP contribution in [0.15, 0.2) is 22.7 Å². The van der Waals surface area contributed by atoms with Crippen molar-refractivity contribution in [2.24, 2.45) is 0 Å². The van der Waals surface area contributed by atoms with Gasteiger partial charge in [0.25, 0.3) is 0 Å². The summed E-state index contributed by atoms with van der Waals surface area (Å²) in [6.07, 6.45) is 2.76. The summed E-state index contributed by atoms with van der Waals surface area (Å²) in [7, 11) is 0. The molecule has 0 amide bonds. The molecule has 0 saturated carbocycles. The van der Waals surface area contributed by atoms with E-state index in [4.69, 9.17) is 4.74 Å². The van der Waals surface area contributed by atoms with Crippen molar-refractivity contribution in [2.75, 3.05) is 18.5 Å². The van der Waals surface area contributed by atoms with E-state index in [0.717, 1.165) is 23.3 Å². The number of nitrogens with one attached hydrogen (secondary N) is 1. The van der Waals surface area contributed by atoms with Gasteiger partial charge in [-0.15, -0.1) is 0 Å². The van der Waals surface area contributed by atoms with Crippen LogP contribution in [0.3, 0.4) is 0 Å². The third-order valence-electron chi connectivity index (χ3n) is 2.74. The van der Waals surface area contributed by atoms with Crippen LogP contribution in [0.1, 0.15) is 18.4 Å². The van der Waals surface area contributed by atoms with E-state index < -0.39 is 0 Å². The molecule has 0 bridgehead atoms. The zero-order chi connectivity index (χ0) is 10.7. The molecule has 2 rings (SSSR count). The maximum Gasteiger partial charge on any atom is 0.0748 e. The Balaban J connectivity index is 1.95. The van der Waals surface area contributed by atoms with Crippen molar-refractivity contribution in [1.29, 1.82) is 0 Å². The molecule has 0 aliphatic carbocycles. The highest BCUT2D eigenvalue weighted by molar-refractivity contribution is 9.10. The molecule has 2 nitrogen and oxygen atoms in total. The summed E-state index contributed by atoms with van der Waals surface area (Å²) in [5.74, 6) is 0. The predicted octanol–water partition coefficient (Wildman–Crippen LogP) is 3.35. The molecule has 1 aliphatic rings. The molecule has 15 heavy (non-hydrogen) atoms. The molecule has 1 heterocycles. The van der Waals surface area contributed by atoms with Crippen LogP contribution in [-0.4, -0.2) is 19.3 Å². The van der Waals surface area contributed by atoms with Gasteiger partial charge in [0.15, 0.2) is 0 Å². The summed E-state index contributed by atoms with van der Waals surface area (Å²) in [5.41, 5.74) is 2.41. The number of ether oxygens (including phenoxy) is 1. The summed E-state index contributed by atoms with van der Waals surface area (Å²) in [4.78, 5) is 0. The lowest BCUT2D eigenvalue weighted by Crippen LogP contribution is -2.18. The first kappa shape index (κ1) is 11.0. The highest BCUT2D eigenvalue weighted by Crippen LogP contribution is 2.26. The molecule has 3 heteroatoms. The Labute approximate surface area is 99.1 Å². The Morgan fingerprint density at radius 1 is 1.53 bits per heavy atom. The number of rotatable bonds is 3. The Hall–Kier alpha value is -0.540. The molecule has 1 saturated heterocycles. The Morgan fingerprint density at radius 3 is 3.13 bits per heavy atom. The van der Waals surface area contributed by atoms with E-state index in [1.165, 1.54) is 18.4 Å². The summed E-state index contributed by atoms with van der Waals surface area (Å²) < 4.78 is 6.72. The van der Waals surface area contributed by atoms with Crippen LogP contribution in [-0.2, 0) is 4.74 Å². The van der Waals surface area contributed by atoms with Crippen molar-refractivity contribution in [3.8, 4) is 0 Å². The fraction of sp³-hybridized carbons (Fsp3) is 0.500. The number of benzene rings is 1. The largest absolute Gasteiger partial charge is 0.382 e. The van der Waals surface area contributed by atoms with E-state index in [-0.39, 0.29) is 0 Å². The Kier molecular flexibility index (Phi) is 3.65. The first-order valence-electron chi connectivity index (χ1n) is 5.38. The lowest BCUT2D eigenvalue weighted by Gasteiger charge is -2.13. The summed E-state index contributed by atoms with van der Waals surface area (Å²) in [6, 6.07) is 6.26. The predicted molar refractivity (Wildman–Crippen MR) is 66.3 cm³/mol. The molecule has 1 aliphatic heterocycles. The van der Waals surface area contributed by atoms with Gasteiger partial charge in [0.2, 0.25) is 0 Å². The molecule has 1 aromatic rings. The molecule has 0 spiro atoms. The van der Waals surface area contributed by atoms with Gasteiger partial charge in [-0.05, 0) is 47.3 Å². The molecule has 82 valence electrons. The van der Waals surface area contributed by atoms with E-state index in [1.54, 1.807) is 0 Å². The number of aryl methyl sites for hydroxylation is 1. The second-order valence-electron chi connectivity index (χ2n) is 3.95. The fourth-order valence-electron chi connectivity index (χ4n) is 1.81. The standard InChI is InChI=1S/C12H16BrNO/c1-9-4-2-6-11(12(9)13)14-8-10-5-3-7-15-10/h2,4,6,10,14H,3,5,7-8H2,1H3.